The molecule has 0 bridgehead atoms. The van der Waals surface area contributed by atoms with Gasteiger partial charge in [-0.1, -0.05) is 25.7 Å². The lowest BCUT2D eigenvalue weighted by atomic mass is 10.0. The third-order valence-corrected chi connectivity index (χ3v) is 4.23. The summed E-state index contributed by atoms with van der Waals surface area (Å²) in [5, 5.41) is 3.46. The zero-order valence-electron chi connectivity index (χ0n) is 10.2. The van der Waals surface area contributed by atoms with Crippen molar-refractivity contribution in [2.75, 3.05) is 17.6 Å². The lowest BCUT2D eigenvalue weighted by Gasteiger charge is -2.11. The van der Waals surface area contributed by atoms with Gasteiger partial charge in [-0.2, -0.15) is 0 Å². The number of halogens is 1. The third-order valence-electron chi connectivity index (χ3n) is 3.57. The van der Waals surface area contributed by atoms with Gasteiger partial charge in [0.2, 0.25) is 0 Å². The van der Waals surface area contributed by atoms with Gasteiger partial charge in [-0.25, -0.2) is 0 Å². The second kappa shape index (κ2) is 6.29. The van der Waals surface area contributed by atoms with E-state index in [2.05, 4.69) is 21.2 Å². The number of rotatable bonds is 5. The average molecular weight is 297 g/mol. The first kappa shape index (κ1) is 12.7. The Bertz CT molecular complexity index is 359. The van der Waals surface area contributed by atoms with Crippen molar-refractivity contribution in [3.63, 3.8) is 0 Å². The predicted octanol–water partition coefficient (Wildman–Crippen LogP) is 4.41. The van der Waals surface area contributed by atoms with Crippen LogP contribution in [-0.2, 0) is 0 Å². The Morgan fingerprint density at radius 3 is 2.76 bits per heavy atom. The van der Waals surface area contributed by atoms with Crippen molar-refractivity contribution in [3.05, 3.63) is 22.7 Å². The summed E-state index contributed by atoms with van der Waals surface area (Å²) in [6.45, 7) is 1.05. The summed E-state index contributed by atoms with van der Waals surface area (Å²) in [5.41, 5.74) is 7.65. The fourth-order valence-electron chi connectivity index (χ4n) is 2.59. The molecule has 0 spiro atoms. The molecule has 0 aliphatic heterocycles. The quantitative estimate of drug-likeness (QED) is 0.624. The summed E-state index contributed by atoms with van der Waals surface area (Å²) in [4.78, 5) is 0. The Morgan fingerprint density at radius 2 is 2.06 bits per heavy atom. The number of nitrogens with two attached hydrogens (primary N) is 1. The van der Waals surface area contributed by atoms with Crippen LogP contribution in [0.3, 0.4) is 0 Å². The average Bonchev–Trinajstić information content (AvgIpc) is 2.79. The summed E-state index contributed by atoms with van der Waals surface area (Å²) < 4.78 is 1.05. The predicted molar refractivity (Wildman–Crippen MR) is 78.2 cm³/mol. The van der Waals surface area contributed by atoms with Gasteiger partial charge in [-0.15, -0.1) is 0 Å². The molecule has 2 rings (SSSR count). The Hall–Kier alpha value is -0.700. The Morgan fingerprint density at radius 1 is 1.29 bits per heavy atom. The number of anilines is 2. The molecule has 2 nitrogen and oxygen atoms in total. The monoisotopic (exact) mass is 296 g/mol. The second-order valence-corrected chi connectivity index (χ2v) is 5.81. The van der Waals surface area contributed by atoms with E-state index in [1.54, 1.807) is 0 Å². The molecule has 0 amide bonds. The van der Waals surface area contributed by atoms with Crippen LogP contribution in [0.4, 0.5) is 11.4 Å². The van der Waals surface area contributed by atoms with Crippen molar-refractivity contribution < 1.29 is 0 Å². The molecular formula is C14H21BrN2. The van der Waals surface area contributed by atoms with E-state index in [0.717, 1.165) is 28.3 Å². The molecule has 0 saturated heterocycles. The van der Waals surface area contributed by atoms with E-state index in [1.807, 2.05) is 18.2 Å². The first-order valence-corrected chi connectivity index (χ1v) is 7.34. The molecule has 1 aromatic rings. The maximum absolute atomic E-state index is 5.71. The summed E-state index contributed by atoms with van der Waals surface area (Å²) >= 11 is 3.52. The minimum Gasteiger partial charge on any atom is -0.399 e. The Balaban J connectivity index is 1.70. The maximum Gasteiger partial charge on any atom is 0.0486 e. The van der Waals surface area contributed by atoms with E-state index in [4.69, 9.17) is 5.73 Å². The summed E-state index contributed by atoms with van der Waals surface area (Å²) in [6, 6.07) is 5.92. The largest absolute Gasteiger partial charge is 0.399 e. The molecule has 0 heterocycles. The standard InChI is InChI=1S/C14H21BrN2/c15-13-10-12(16)7-8-14(13)17-9-3-6-11-4-1-2-5-11/h7-8,10-11,17H,1-6,9,16H2. The molecule has 1 aromatic carbocycles. The van der Waals surface area contributed by atoms with Gasteiger partial charge in [0, 0.05) is 22.4 Å². The number of hydrogen-bond donors (Lipinski definition) is 2. The van der Waals surface area contributed by atoms with Crippen LogP contribution in [0, 0.1) is 5.92 Å². The van der Waals surface area contributed by atoms with E-state index in [-0.39, 0.29) is 0 Å². The van der Waals surface area contributed by atoms with Crippen molar-refractivity contribution in [1.29, 1.82) is 0 Å². The first-order valence-electron chi connectivity index (χ1n) is 6.54. The zero-order chi connectivity index (χ0) is 12.1. The van der Waals surface area contributed by atoms with Gasteiger partial charge < -0.3 is 11.1 Å². The van der Waals surface area contributed by atoms with Crippen LogP contribution in [-0.4, -0.2) is 6.54 Å². The summed E-state index contributed by atoms with van der Waals surface area (Å²) in [7, 11) is 0. The Kier molecular flexibility index (Phi) is 4.72. The van der Waals surface area contributed by atoms with E-state index in [9.17, 15) is 0 Å². The first-order chi connectivity index (χ1) is 8.25. The van der Waals surface area contributed by atoms with Crippen LogP contribution >= 0.6 is 15.9 Å². The van der Waals surface area contributed by atoms with Crippen molar-refractivity contribution in [3.8, 4) is 0 Å². The molecule has 1 saturated carbocycles. The topological polar surface area (TPSA) is 38.0 Å². The molecule has 1 aliphatic carbocycles. The molecule has 1 aliphatic rings. The second-order valence-electron chi connectivity index (χ2n) is 4.96. The molecule has 3 heteroatoms. The minimum atomic E-state index is 0.799. The van der Waals surface area contributed by atoms with Crippen molar-refractivity contribution in [2.24, 2.45) is 5.92 Å². The van der Waals surface area contributed by atoms with E-state index in [0.29, 0.717) is 0 Å². The highest BCUT2D eigenvalue weighted by Gasteiger charge is 2.13. The van der Waals surface area contributed by atoms with Gasteiger partial charge in [0.25, 0.3) is 0 Å². The van der Waals surface area contributed by atoms with Crippen LogP contribution in [0.5, 0.6) is 0 Å². The number of hydrogen-bond acceptors (Lipinski definition) is 2. The van der Waals surface area contributed by atoms with Crippen LogP contribution in [0.2, 0.25) is 0 Å². The fraction of sp³-hybridized carbons (Fsp3) is 0.571. The smallest absolute Gasteiger partial charge is 0.0486 e. The summed E-state index contributed by atoms with van der Waals surface area (Å²) in [6.07, 6.45) is 8.43. The fourth-order valence-corrected chi connectivity index (χ4v) is 3.12. The minimum absolute atomic E-state index is 0.799. The molecular weight excluding hydrogens is 276 g/mol. The van der Waals surface area contributed by atoms with Crippen molar-refractivity contribution >= 4 is 27.3 Å². The lowest BCUT2D eigenvalue weighted by molar-refractivity contribution is 0.491. The third kappa shape index (κ3) is 3.91. The van der Waals surface area contributed by atoms with Gasteiger partial charge in [0.05, 0.1) is 0 Å². The molecule has 3 N–H and O–H groups in total. The van der Waals surface area contributed by atoms with Crippen molar-refractivity contribution in [1.82, 2.24) is 0 Å². The highest BCUT2D eigenvalue weighted by atomic mass is 79.9. The SMILES string of the molecule is Nc1ccc(NCCCC2CCCC2)c(Br)c1. The van der Waals surface area contributed by atoms with Crippen LogP contribution in [0.15, 0.2) is 22.7 Å². The van der Waals surface area contributed by atoms with Gasteiger partial charge in [-0.3, -0.25) is 0 Å². The number of nitrogen functional groups attached to an aromatic ring is 1. The molecule has 1 fully saturated rings. The van der Waals surface area contributed by atoms with Gasteiger partial charge >= 0.3 is 0 Å². The molecule has 0 aromatic heterocycles. The molecule has 0 radical (unpaired) electrons. The normalized spacial score (nSPS) is 16.3. The zero-order valence-corrected chi connectivity index (χ0v) is 11.8. The van der Waals surface area contributed by atoms with E-state index < -0.39 is 0 Å². The van der Waals surface area contributed by atoms with E-state index in [1.165, 1.54) is 38.5 Å². The summed E-state index contributed by atoms with van der Waals surface area (Å²) in [5.74, 6) is 0.992. The van der Waals surface area contributed by atoms with Crippen LogP contribution < -0.4 is 11.1 Å². The number of nitrogens with one attached hydrogen (secondary N) is 1. The maximum atomic E-state index is 5.71. The highest BCUT2D eigenvalue weighted by molar-refractivity contribution is 9.10. The van der Waals surface area contributed by atoms with Crippen molar-refractivity contribution in [2.45, 2.75) is 38.5 Å². The molecule has 0 atom stereocenters. The molecule has 17 heavy (non-hydrogen) atoms. The number of benzene rings is 1. The van der Waals surface area contributed by atoms with Crippen LogP contribution in [0.25, 0.3) is 0 Å². The van der Waals surface area contributed by atoms with Gasteiger partial charge in [0.1, 0.15) is 0 Å². The Labute approximate surface area is 112 Å². The van der Waals surface area contributed by atoms with Crippen LogP contribution in [0.1, 0.15) is 38.5 Å². The van der Waals surface area contributed by atoms with Gasteiger partial charge in [-0.05, 0) is 52.9 Å². The van der Waals surface area contributed by atoms with E-state index >= 15 is 0 Å². The van der Waals surface area contributed by atoms with Gasteiger partial charge in [0.15, 0.2) is 0 Å². The molecule has 0 unspecified atom stereocenters. The lowest BCUT2D eigenvalue weighted by Crippen LogP contribution is -2.04. The highest BCUT2D eigenvalue weighted by Crippen LogP contribution is 2.29. The molecule has 94 valence electrons.